The third-order valence-corrected chi connectivity index (χ3v) is 2.84. The summed E-state index contributed by atoms with van der Waals surface area (Å²) in [4.78, 5) is 13.4. The third-order valence-electron chi connectivity index (χ3n) is 2.84. The summed E-state index contributed by atoms with van der Waals surface area (Å²) in [6.07, 6.45) is 3.43. The maximum absolute atomic E-state index is 11.7. The molecule has 1 aliphatic heterocycles. The van der Waals surface area contributed by atoms with Crippen molar-refractivity contribution < 1.29 is 11.3 Å². The molecule has 0 radical (unpaired) electrons. The van der Waals surface area contributed by atoms with Crippen LogP contribution in [-0.2, 0) is 4.79 Å². The molecule has 0 unspecified atom stereocenters. The Hall–Kier alpha value is -0.610. The van der Waals surface area contributed by atoms with Crippen molar-refractivity contribution >= 4 is 5.91 Å². The number of amides is 1. The number of nitrogens with zero attached hydrogens (tertiary/aromatic N) is 1. The van der Waals surface area contributed by atoms with Crippen LogP contribution in [-0.4, -0.2) is 42.2 Å². The van der Waals surface area contributed by atoms with Gasteiger partial charge in [0.1, 0.15) is 0 Å². The first-order valence-corrected chi connectivity index (χ1v) is 5.55. The van der Waals surface area contributed by atoms with E-state index < -0.39 is 0 Å². The van der Waals surface area contributed by atoms with Gasteiger partial charge in [-0.2, -0.15) is 0 Å². The van der Waals surface area contributed by atoms with E-state index in [1.807, 2.05) is 0 Å². The molecule has 0 bridgehead atoms. The summed E-state index contributed by atoms with van der Waals surface area (Å²) in [7, 11) is 0. The Morgan fingerprint density at radius 1 is 1.53 bits per heavy atom. The van der Waals surface area contributed by atoms with E-state index in [-0.39, 0.29) is 24.8 Å². The fraction of sp³-hybridized carbons (Fsp3) is 0.909. The van der Waals surface area contributed by atoms with Crippen molar-refractivity contribution in [3.05, 3.63) is 0 Å². The normalized spacial score (nSPS) is 19.6. The minimum atomic E-state index is -0.340. The molecule has 0 aromatic carbocycles. The lowest BCUT2D eigenvalue weighted by atomic mass is 9.82. The summed E-state index contributed by atoms with van der Waals surface area (Å²) in [5, 5.41) is 9.11. The van der Waals surface area contributed by atoms with Gasteiger partial charge in [-0.15, -0.1) is 0 Å². The maximum Gasteiger partial charge on any atom is 0.222 e. The Morgan fingerprint density at radius 2 is 2.27 bits per heavy atom. The minimum absolute atomic E-state index is 0.00739. The van der Waals surface area contributed by atoms with Crippen molar-refractivity contribution in [1.29, 1.82) is 0 Å². The van der Waals surface area contributed by atoms with Crippen molar-refractivity contribution in [3.63, 3.8) is 0 Å². The van der Waals surface area contributed by atoms with Crippen LogP contribution in [0, 0.1) is 5.41 Å². The lowest BCUT2D eigenvalue weighted by molar-refractivity contribution is -0.144. The van der Waals surface area contributed by atoms with E-state index in [0.717, 1.165) is 19.3 Å². The number of rotatable bonds is 6. The molecule has 1 amide bonds. The summed E-state index contributed by atoms with van der Waals surface area (Å²) in [6, 6.07) is 0. The molecule has 1 aliphatic rings. The van der Waals surface area contributed by atoms with E-state index >= 15 is 0 Å². The van der Waals surface area contributed by atoms with Gasteiger partial charge in [-0.3, -0.25) is 4.79 Å². The van der Waals surface area contributed by atoms with Gasteiger partial charge in [0.2, 0.25) is 5.91 Å². The topological polar surface area (TPSA) is 66.6 Å². The molecule has 3 N–H and O–H groups in total. The van der Waals surface area contributed by atoms with Crippen LogP contribution in [0.1, 0.15) is 34.0 Å². The van der Waals surface area contributed by atoms with Crippen LogP contribution >= 0.6 is 0 Å². The Bertz CT molecular complexity index is 224. The first-order chi connectivity index (χ1) is 7.67. The Balaban J connectivity index is 2.16. The van der Waals surface area contributed by atoms with Crippen LogP contribution in [0.2, 0.25) is 0 Å². The number of hydrogen-bond donors (Lipinski definition) is 2. The third kappa shape index (κ3) is 3.47. The number of unbranched alkanes of at least 4 members (excludes halogenated alkanes) is 2. The fourth-order valence-electron chi connectivity index (χ4n) is 1.80. The van der Waals surface area contributed by atoms with E-state index in [1.165, 1.54) is 0 Å². The van der Waals surface area contributed by atoms with E-state index in [2.05, 4.69) is 0 Å². The molecule has 88 valence electrons. The van der Waals surface area contributed by atoms with Gasteiger partial charge in [0.05, 0.1) is 6.61 Å². The van der Waals surface area contributed by atoms with Gasteiger partial charge in [0, 0.05) is 26.3 Å². The van der Waals surface area contributed by atoms with E-state index in [0.29, 0.717) is 26.1 Å². The van der Waals surface area contributed by atoms with Crippen LogP contribution in [0.3, 0.4) is 0 Å². The molecule has 4 nitrogen and oxygen atoms in total. The molecule has 1 saturated heterocycles. The summed E-state index contributed by atoms with van der Waals surface area (Å²) in [5.41, 5.74) is 5.03. The molecular formula is C11H22N2O2. The Morgan fingerprint density at radius 3 is 2.80 bits per heavy atom. The summed E-state index contributed by atoms with van der Waals surface area (Å²) in [5.74, 6) is 0.148. The highest BCUT2D eigenvalue weighted by atomic mass is 16.3. The quantitative estimate of drug-likeness (QED) is 0.628. The number of aliphatic hydroxyl groups is 1. The SMILES string of the molecule is [2H]CC1(CO)CN(C(=O)CCCCCN)C1. The standard InChI is InChI=1S/C11H22N2O2/c1-11(9-14)7-13(8-11)10(15)5-3-2-4-6-12/h14H,2-9,12H2,1H3/i1D. The molecule has 15 heavy (non-hydrogen) atoms. The zero-order chi connectivity index (χ0) is 12.0. The molecule has 1 heterocycles. The fourth-order valence-corrected chi connectivity index (χ4v) is 1.80. The zero-order valence-electron chi connectivity index (χ0n) is 10.2. The monoisotopic (exact) mass is 215 g/mol. The van der Waals surface area contributed by atoms with Gasteiger partial charge >= 0.3 is 0 Å². The van der Waals surface area contributed by atoms with Crippen LogP contribution in [0.25, 0.3) is 0 Å². The molecule has 4 heteroatoms. The number of carbonyl (C=O) groups excluding carboxylic acids is 1. The highest BCUT2D eigenvalue weighted by molar-refractivity contribution is 5.77. The molecule has 1 fully saturated rings. The second-order valence-corrected chi connectivity index (χ2v) is 4.51. The predicted octanol–water partition coefficient (Wildman–Crippen LogP) is 0.346. The molecule has 0 atom stereocenters. The summed E-state index contributed by atoms with van der Waals surface area (Å²) in [6.45, 7) is 1.98. The molecule has 0 aromatic rings. The Labute approximate surface area is 92.8 Å². The Kier molecular flexibility index (Phi) is 3.97. The predicted molar refractivity (Wildman–Crippen MR) is 59.3 cm³/mol. The largest absolute Gasteiger partial charge is 0.396 e. The molecule has 0 aromatic heterocycles. The average molecular weight is 215 g/mol. The van der Waals surface area contributed by atoms with Crippen molar-refractivity contribution in [2.24, 2.45) is 11.1 Å². The van der Waals surface area contributed by atoms with Crippen molar-refractivity contribution in [2.45, 2.75) is 32.6 Å². The smallest absolute Gasteiger partial charge is 0.222 e. The van der Waals surface area contributed by atoms with Crippen molar-refractivity contribution in [1.82, 2.24) is 4.90 Å². The number of nitrogens with two attached hydrogens (primary N) is 1. The van der Waals surface area contributed by atoms with Gasteiger partial charge in [0.15, 0.2) is 0 Å². The molecular weight excluding hydrogens is 192 g/mol. The van der Waals surface area contributed by atoms with E-state index in [4.69, 9.17) is 12.2 Å². The second kappa shape index (κ2) is 5.47. The first-order valence-electron chi connectivity index (χ1n) is 6.26. The number of hydrogen-bond acceptors (Lipinski definition) is 3. The first kappa shape index (κ1) is 10.9. The number of carbonyl (C=O) groups is 1. The van der Waals surface area contributed by atoms with Gasteiger partial charge in [-0.25, -0.2) is 0 Å². The number of aliphatic hydroxyl groups excluding tert-OH is 1. The minimum Gasteiger partial charge on any atom is -0.396 e. The van der Waals surface area contributed by atoms with Crippen LogP contribution < -0.4 is 5.73 Å². The van der Waals surface area contributed by atoms with Gasteiger partial charge in [-0.1, -0.05) is 13.3 Å². The highest BCUT2D eigenvalue weighted by Crippen LogP contribution is 2.29. The average Bonchev–Trinajstić information content (AvgIpc) is 2.24. The van der Waals surface area contributed by atoms with E-state index in [1.54, 1.807) is 4.90 Å². The van der Waals surface area contributed by atoms with Crippen LogP contribution in [0.5, 0.6) is 0 Å². The summed E-state index contributed by atoms with van der Waals surface area (Å²) >= 11 is 0. The van der Waals surface area contributed by atoms with Gasteiger partial charge in [0.25, 0.3) is 0 Å². The number of likely N-dealkylation sites (tertiary alicyclic amines) is 1. The molecule has 0 spiro atoms. The highest BCUT2D eigenvalue weighted by Gasteiger charge is 2.40. The van der Waals surface area contributed by atoms with E-state index in [9.17, 15) is 4.79 Å². The lowest BCUT2D eigenvalue weighted by Gasteiger charge is -2.47. The maximum atomic E-state index is 11.7. The zero-order valence-corrected chi connectivity index (χ0v) is 9.24. The molecule has 0 saturated carbocycles. The van der Waals surface area contributed by atoms with Crippen molar-refractivity contribution in [3.8, 4) is 0 Å². The van der Waals surface area contributed by atoms with Gasteiger partial charge in [-0.05, 0) is 19.4 Å². The lowest BCUT2D eigenvalue weighted by Crippen LogP contribution is -2.58. The van der Waals surface area contributed by atoms with Gasteiger partial charge < -0.3 is 15.7 Å². The van der Waals surface area contributed by atoms with Crippen LogP contribution in [0.15, 0.2) is 0 Å². The second-order valence-electron chi connectivity index (χ2n) is 4.51. The van der Waals surface area contributed by atoms with Crippen molar-refractivity contribution in [2.75, 3.05) is 26.2 Å². The molecule has 1 rings (SSSR count). The summed E-state index contributed by atoms with van der Waals surface area (Å²) < 4.78 is 7.32. The van der Waals surface area contributed by atoms with Crippen LogP contribution in [0.4, 0.5) is 0 Å². The molecule has 0 aliphatic carbocycles.